The maximum Gasteiger partial charge on any atom is 0.395 e. The topological polar surface area (TPSA) is 55.5 Å². The lowest BCUT2D eigenvalue weighted by Gasteiger charge is -2.23. The van der Waals surface area contributed by atoms with Crippen molar-refractivity contribution in [2.24, 2.45) is 0 Å². The van der Waals surface area contributed by atoms with E-state index in [1.807, 2.05) is 0 Å². The molecule has 0 aliphatic heterocycles. The highest BCUT2D eigenvalue weighted by Crippen LogP contribution is 2.39. The largest absolute Gasteiger partial charge is 0.504 e. The van der Waals surface area contributed by atoms with Crippen molar-refractivity contribution in [3.05, 3.63) is 15.0 Å². The average molecular weight is 363 g/mol. The predicted molar refractivity (Wildman–Crippen MR) is 69.3 cm³/mol. The minimum atomic E-state index is 0.0652. The van der Waals surface area contributed by atoms with Crippen LogP contribution < -0.4 is 4.74 Å². The molecule has 17 heavy (non-hydrogen) atoms. The molecule has 0 unspecified atom stereocenters. The highest BCUT2D eigenvalue weighted by atomic mass is 79.9. The molecule has 4 nitrogen and oxygen atoms in total. The van der Waals surface area contributed by atoms with Crippen molar-refractivity contribution in [3.8, 4) is 11.8 Å². The smallest absolute Gasteiger partial charge is 0.395 e. The van der Waals surface area contributed by atoms with Gasteiger partial charge < -0.3 is 14.3 Å². The van der Waals surface area contributed by atoms with E-state index in [9.17, 15) is 5.11 Å². The zero-order chi connectivity index (χ0) is 12.0. The Morgan fingerprint density at radius 2 is 2.12 bits per heavy atom. The lowest BCUT2D eigenvalue weighted by Crippen LogP contribution is -2.24. The van der Waals surface area contributed by atoms with Crippen molar-refractivity contribution in [1.82, 2.24) is 4.98 Å². The molecule has 2 aromatic rings. The Balaban J connectivity index is 2.05. The normalized spacial score (nSPS) is 16.1. The molecule has 0 saturated heterocycles. The van der Waals surface area contributed by atoms with Crippen LogP contribution in [0.2, 0.25) is 0 Å². The minimum absolute atomic E-state index is 0.0652. The summed E-state index contributed by atoms with van der Waals surface area (Å²) in [6, 6.07) is 1.72. The van der Waals surface area contributed by atoms with Crippen LogP contribution in [0.15, 0.2) is 19.4 Å². The maximum absolute atomic E-state index is 9.86. The Labute approximate surface area is 114 Å². The van der Waals surface area contributed by atoms with Gasteiger partial charge >= 0.3 is 6.08 Å². The van der Waals surface area contributed by atoms with Crippen LogP contribution in [0, 0.1) is 0 Å². The van der Waals surface area contributed by atoms with E-state index in [4.69, 9.17) is 9.15 Å². The SMILES string of the molecule is Oc1c(Br)cc(Br)c2oc(OC3CCC3)nc12. The van der Waals surface area contributed by atoms with Crippen molar-refractivity contribution < 1.29 is 14.3 Å². The first-order valence-corrected chi connectivity index (χ1v) is 6.88. The van der Waals surface area contributed by atoms with Gasteiger partial charge in [0.1, 0.15) is 6.10 Å². The second-order valence-electron chi connectivity index (χ2n) is 4.02. The highest BCUT2D eigenvalue weighted by Gasteiger charge is 2.23. The van der Waals surface area contributed by atoms with Gasteiger partial charge in [0.15, 0.2) is 16.8 Å². The number of hydrogen-bond donors (Lipinski definition) is 1. The van der Waals surface area contributed by atoms with Crippen LogP contribution in [-0.4, -0.2) is 16.2 Å². The molecule has 1 aromatic carbocycles. The lowest BCUT2D eigenvalue weighted by molar-refractivity contribution is 0.0857. The summed E-state index contributed by atoms with van der Waals surface area (Å²) >= 11 is 6.61. The van der Waals surface area contributed by atoms with Crippen LogP contribution in [0.1, 0.15) is 19.3 Å². The van der Waals surface area contributed by atoms with Crippen LogP contribution in [-0.2, 0) is 0 Å². The number of fused-ring (bicyclic) bond motifs is 1. The summed E-state index contributed by atoms with van der Waals surface area (Å²) in [7, 11) is 0. The van der Waals surface area contributed by atoms with Gasteiger partial charge in [0.2, 0.25) is 0 Å². The number of halogens is 2. The third-order valence-corrected chi connectivity index (χ3v) is 4.04. The van der Waals surface area contributed by atoms with Crippen LogP contribution in [0.3, 0.4) is 0 Å². The van der Waals surface area contributed by atoms with Crippen molar-refractivity contribution in [2.45, 2.75) is 25.4 Å². The number of aromatic nitrogens is 1. The molecular formula is C11H9Br2NO3. The number of hydrogen-bond acceptors (Lipinski definition) is 4. The quantitative estimate of drug-likeness (QED) is 0.877. The van der Waals surface area contributed by atoms with E-state index in [-0.39, 0.29) is 17.9 Å². The molecule has 6 heteroatoms. The van der Waals surface area contributed by atoms with Gasteiger partial charge in [0.25, 0.3) is 0 Å². The van der Waals surface area contributed by atoms with Gasteiger partial charge in [0.05, 0.1) is 8.95 Å². The second kappa shape index (κ2) is 4.17. The zero-order valence-corrected chi connectivity index (χ0v) is 11.9. The molecule has 1 N–H and O–H groups in total. The van der Waals surface area contributed by atoms with E-state index in [1.165, 1.54) is 6.42 Å². The Hall–Kier alpha value is -0.750. The van der Waals surface area contributed by atoms with Gasteiger partial charge in [-0.25, -0.2) is 0 Å². The van der Waals surface area contributed by atoms with Crippen LogP contribution in [0.5, 0.6) is 11.8 Å². The highest BCUT2D eigenvalue weighted by molar-refractivity contribution is 9.11. The zero-order valence-electron chi connectivity index (χ0n) is 8.74. The van der Waals surface area contributed by atoms with E-state index >= 15 is 0 Å². The molecule has 90 valence electrons. The summed E-state index contributed by atoms with van der Waals surface area (Å²) in [4.78, 5) is 4.16. The first kappa shape index (κ1) is 11.3. The van der Waals surface area contributed by atoms with Crippen LogP contribution in [0.25, 0.3) is 11.1 Å². The molecule has 0 spiro atoms. The molecular weight excluding hydrogens is 354 g/mol. The summed E-state index contributed by atoms with van der Waals surface area (Å²) in [5.41, 5.74) is 0.903. The van der Waals surface area contributed by atoms with E-state index in [1.54, 1.807) is 6.07 Å². The molecule has 0 amide bonds. The van der Waals surface area contributed by atoms with Gasteiger partial charge in [-0.05, 0) is 57.2 Å². The summed E-state index contributed by atoms with van der Waals surface area (Å²) in [5.74, 6) is 0.0652. The Morgan fingerprint density at radius 1 is 1.35 bits per heavy atom. The number of ether oxygens (including phenoxy) is 1. The summed E-state index contributed by atoms with van der Waals surface area (Å²) in [6.45, 7) is 0. The molecule has 1 aliphatic carbocycles. The molecule has 3 rings (SSSR count). The first-order chi connectivity index (χ1) is 8.15. The maximum atomic E-state index is 9.86. The molecule has 1 saturated carbocycles. The number of phenolic OH excluding ortho intramolecular Hbond substituents is 1. The van der Waals surface area contributed by atoms with Gasteiger partial charge in [-0.1, -0.05) is 0 Å². The van der Waals surface area contributed by atoms with Crippen LogP contribution in [0.4, 0.5) is 0 Å². The number of aromatic hydroxyl groups is 1. The lowest BCUT2D eigenvalue weighted by atomic mass is 9.96. The van der Waals surface area contributed by atoms with Gasteiger partial charge in [-0.15, -0.1) is 0 Å². The predicted octanol–water partition coefficient (Wildman–Crippen LogP) is 3.99. The summed E-state index contributed by atoms with van der Waals surface area (Å²) in [5, 5.41) is 9.86. The van der Waals surface area contributed by atoms with E-state index < -0.39 is 0 Å². The molecule has 0 radical (unpaired) electrons. The molecule has 0 atom stereocenters. The van der Waals surface area contributed by atoms with Crippen molar-refractivity contribution >= 4 is 43.0 Å². The van der Waals surface area contributed by atoms with Gasteiger partial charge in [-0.2, -0.15) is 4.98 Å². The molecule has 0 bridgehead atoms. The second-order valence-corrected chi connectivity index (χ2v) is 5.73. The number of phenols is 1. The fraction of sp³-hybridized carbons (Fsp3) is 0.364. The van der Waals surface area contributed by atoms with E-state index in [0.717, 1.165) is 17.3 Å². The first-order valence-electron chi connectivity index (χ1n) is 5.29. The average Bonchev–Trinajstić information content (AvgIpc) is 2.65. The number of benzene rings is 1. The van der Waals surface area contributed by atoms with Crippen molar-refractivity contribution in [3.63, 3.8) is 0 Å². The number of nitrogens with zero attached hydrogens (tertiary/aromatic N) is 1. The third kappa shape index (κ3) is 1.93. The fourth-order valence-corrected chi connectivity index (χ4v) is 2.88. The van der Waals surface area contributed by atoms with Crippen molar-refractivity contribution in [1.29, 1.82) is 0 Å². The van der Waals surface area contributed by atoms with Crippen LogP contribution >= 0.6 is 31.9 Å². The molecule has 1 heterocycles. The Kier molecular flexibility index (Phi) is 2.78. The summed E-state index contributed by atoms with van der Waals surface area (Å²) in [6.07, 6.45) is 3.68. The number of oxazole rings is 1. The monoisotopic (exact) mass is 361 g/mol. The fourth-order valence-electron chi connectivity index (χ4n) is 1.66. The minimum Gasteiger partial charge on any atom is -0.504 e. The standard InChI is InChI=1S/C11H9Br2NO3/c12-6-4-7(13)10-8(9(6)15)14-11(17-10)16-5-2-1-3-5/h4-5,15H,1-3H2. The molecule has 1 aliphatic rings. The Bertz CT molecular complexity index is 578. The van der Waals surface area contributed by atoms with Gasteiger partial charge in [-0.3, -0.25) is 0 Å². The van der Waals surface area contributed by atoms with Gasteiger partial charge in [0, 0.05) is 0 Å². The van der Waals surface area contributed by atoms with E-state index in [2.05, 4.69) is 36.8 Å². The molecule has 1 aromatic heterocycles. The number of rotatable bonds is 2. The Morgan fingerprint density at radius 3 is 2.76 bits per heavy atom. The van der Waals surface area contributed by atoms with Crippen molar-refractivity contribution in [2.75, 3.05) is 0 Å². The molecule has 1 fully saturated rings. The third-order valence-electron chi connectivity index (χ3n) is 2.85. The summed E-state index contributed by atoms with van der Waals surface area (Å²) < 4.78 is 12.3. The van der Waals surface area contributed by atoms with E-state index in [0.29, 0.717) is 15.6 Å².